The van der Waals surface area contributed by atoms with Gasteiger partial charge in [-0.05, 0) is 19.8 Å². The molecule has 1 unspecified atom stereocenters. The molecule has 1 N–H and O–H groups in total. The summed E-state index contributed by atoms with van der Waals surface area (Å²) in [6, 6.07) is 0. The van der Waals surface area contributed by atoms with Crippen LogP contribution in [-0.2, 0) is 4.74 Å². The fraction of sp³-hybridized carbons (Fsp3) is 1.00. The van der Waals surface area contributed by atoms with E-state index in [9.17, 15) is 5.11 Å². The highest BCUT2D eigenvalue weighted by molar-refractivity contribution is 4.71. The molecule has 17 heavy (non-hydrogen) atoms. The molecule has 2 heteroatoms. The first-order valence-electron chi connectivity index (χ1n) is 7.33. The highest BCUT2D eigenvalue weighted by Gasteiger charge is 2.18. The van der Waals surface area contributed by atoms with Gasteiger partial charge in [-0.2, -0.15) is 0 Å². The molecule has 0 saturated heterocycles. The minimum atomic E-state index is -0.530. The minimum absolute atomic E-state index is 0.530. The molecule has 0 aromatic carbocycles. The Kier molecular flexibility index (Phi) is 11.0. The van der Waals surface area contributed by atoms with Crippen molar-refractivity contribution < 1.29 is 9.84 Å². The summed E-state index contributed by atoms with van der Waals surface area (Å²) in [4.78, 5) is 0. The lowest BCUT2D eigenvalue weighted by atomic mass is 9.94. The predicted octanol–water partition coefficient (Wildman–Crippen LogP) is 4.30. The van der Waals surface area contributed by atoms with Crippen LogP contribution in [0.2, 0.25) is 0 Å². The van der Waals surface area contributed by atoms with Crippen LogP contribution in [0.5, 0.6) is 0 Å². The van der Waals surface area contributed by atoms with E-state index in [4.69, 9.17) is 4.74 Å². The first kappa shape index (κ1) is 16.9. The monoisotopic (exact) mass is 244 g/mol. The van der Waals surface area contributed by atoms with Gasteiger partial charge in [0.25, 0.3) is 0 Å². The summed E-state index contributed by atoms with van der Waals surface area (Å²) in [6.45, 7) is 4.83. The van der Waals surface area contributed by atoms with E-state index in [1.165, 1.54) is 44.9 Å². The van der Waals surface area contributed by atoms with Gasteiger partial charge in [0.1, 0.15) is 0 Å². The average Bonchev–Trinajstić information content (AvgIpc) is 2.30. The Balaban J connectivity index is 3.26. The smallest absolute Gasteiger partial charge is 0.0641 e. The van der Waals surface area contributed by atoms with Crippen molar-refractivity contribution in [1.29, 1.82) is 0 Å². The normalized spacial score (nSPS) is 14.8. The molecule has 0 radical (unpaired) electrons. The second kappa shape index (κ2) is 11.0. The summed E-state index contributed by atoms with van der Waals surface area (Å²) in [5, 5.41) is 10.0. The molecule has 0 saturated carbocycles. The molecule has 0 rings (SSSR count). The SMILES string of the molecule is CCCCCCCCCCC(C)(O)CCOC. The molecule has 104 valence electrons. The molecule has 0 aromatic rings. The number of aliphatic hydroxyl groups is 1. The van der Waals surface area contributed by atoms with Crippen molar-refractivity contribution in [2.24, 2.45) is 0 Å². The summed E-state index contributed by atoms with van der Waals surface area (Å²) >= 11 is 0. The molecular weight excluding hydrogens is 212 g/mol. The van der Waals surface area contributed by atoms with Crippen LogP contribution in [0.3, 0.4) is 0 Å². The van der Waals surface area contributed by atoms with Crippen LogP contribution < -0.4 is 0 Å². The van der Waals surface area contributed by atoms with E-state index in [0.29, 0.717) is 6.61 Å². The van der Waals surface area contributed by atoms with Gasteiger partial charge in [0.05, 0.1) is 5.60 Å². The Bertz CT molecular complexity index is 155. The van der Waals surface area contributed by atoms with Crippen LogP contribution in [-0.4, -0.2) is 24.4 Å². The number of ether oxygens (including phenoxy) is 1. The first-order valence-corrected chi connectivity index (χ1v) is 7.33. The molecule has 0 amide bonds. The summed E-state index contributed by atoms with van der Waals surface area (Å²) in [6.07, 6.45) is 12.2. The average molecular weight is 244 g/mol. The zero-order valence-corrected chi connectivity index (χ0v) is 12.1. The molecule has 0 aliphatic carbocycles. The van der Waals surface area contributed by atoms with Gasteiger partial charge in [0.15, 0.2) is 0 Å². The largest absolute Gasteiger partial charge is 0.390 e. The van der Waals surface area contributed by atoms with E-state index >= 15 is 0 Å². The van der Waals surface area contributed by atoms with Crippen LogP contribution >= 0.6 is 0 Å². The Labute approximate surface area is 108 Å². The number of unbranched alkanes of at least 4 members (excludes halogenated alkanes) is 7. The predicted molar refractivity (Wildman–Crippen MR) is 74.3 cm³/mol. The number of hydrogen-bond acceptors (Lipinski definition) is 2. The summed E-state index contributed by atoms with van der Waals surface area (Å²) in [7, 11) is 1.69. The molecule has 0 fully saturated rings. The number of methoxy groups -OCH3 is 1. The Morgan fingerprint density at radius 2 is 1.41 bits per heavy atom. The van der Waals surface area contributed by atoms with Crippen LogP contribution in [0.4, 0.5) is 0 Å². The van der Waals surface area contributed by atoms with E-state index in [1.807, 2.05) is 6.92 Å². The van der Waals surface area contributed by atoms with E-state index in [0.717, 1.165) is 19.3 Å². The van der Waals surface area contributed by atoms with Gasteiger partial charge in [0.2, 0.25) is 0 Å². The molecule has 0 bridgehead atoms. The van der Waals surface area contributed by atoms with Gasteiger partial charge in [0, 0.05) is 13.7 Å². The van der Waals surface area contributed by atoms with Crippen molar-refractivity contribution in [2.75, 3.05) is 13.7 Å². The van der Waals surface area contributed by atoms with E-state index in [1.54, 1.807) is 7.11 Å². The van der Waals surface area contributed by atoms with E-state index in [2.05, 4.69) is 6.92 Å². The highest BCUT2D eigenvalue weighted by atomic mass is 16.5. The third-order valence-corrected chi connectivity index (χ3v) is 3.41. The third kappa shape index (κ3) is 12.2. The minimum Gasteiger partial charge on any atom is -0.390 e. The van der Waals surface area contributed by atoms with Crippen molar-refractivity contribution in [3.8, 4) is 0 Å². The standard InChI is InChI=1S/C15H32O2/c1-4-5-6-7-8-9-10-11-12-15(2,16)13-14-17-3/h16H,4-14H2,1-3H3. The lowest BCUT2D eigenvalue weighted by Crippen LogP contribution is -2.25. The van der Waals surface area contributed by atoms with Crippen molar-refractivity contribution in [2.45, 2.75) is 83.7 Å². The Morgan fingerprint density at radius 1 is 0.882 bits per heavy atom. The topological polar surface area (TPSA) is 29.5 Å². The molecule has 1 atom stereocenters. The maximum Gasteiger partial charge on any atom is 0.0641 e. The third-order valence-electron chi connectivity index (χ3n) is 3.41. The van der Waals surface area contributed by atoms with Crippen LogP contribution in [0.1, 0.15) is 78.1 Å². The summed E-state index contributed by atoms with van der Waals surface area (Å²) in [5.41, 5.74) is -0.530. The van der Waals surface area contributed by atoms with Crippen LogP contribution in [0.15, 0.2) is 0 Å². The lowest BCUT2D eigenvalue weighted by Gasteiger charge is -2.22. The van der Waals surface area contributed by atoms with E-state index in [-0.39, 0.29) is 0 Å². The van der Waals surface area contributed by atoms with E-state index < -0.39 is 5.60 Å². The molecule has 0 aliphatic heterocycles. The van der Waals surface area contributed by atoms with Crippen molar-refractivity contribution >= 4 is 0 Å². The highest BCUT2D eigenvalue weighted by Crippen LogP contribution is 2.19. The van der Waals surface area contributed by atoms with Gasteiger partial charge in [-0.1, -0.05) is 58.3 Å². The number of hydrogen-bond donors (Lipinski definition) is 1. The molecule has 2 nitrogen and oxygen atoms in total. The van der Waals surface area contributed by atoms with Crippen molar-refractivity contribution in [1.82, 2.24) is 0 Å². The van der Waals surface area contributed by atoms with Gasteiger partial charge in [-0.15, -0.1) is 0 Å². The molecule has 0 heterocycles. The Hall–Kier alpha value is -0.0800. The molecule has 0 aromatic heterocycles. The summed E-state index contributed by atoms with van der Waals surface area (Å²) in [5.74, 6) is 0. The van der Waals surface area contributed by atoms with Gasteiger partial charge in [-0.3, -0.25) is 0 Å². The Morgan fingerprint density at radius 3 is 1.94 bits per heavy atom. The first-order chi connectivity index (χ1) is 8.12. The second-order valence-electron chi connectivity index (χ2n) is 5.46. The lowest BCUT2D eigenvalue weighted by molar-refractivity contribution is 0.0152. The molecular formula is C15H32O2. The zero-order valence-electron chi connectivity index (χ0n) is 12.1. The number of rotatable bonds is 12. The zero-order chi connectivity index (χ0) is 13.0. The van der Waals surface area contributed by atoms with Crippen molar-refractivity contribution in [3.63, 3.8) is 0 Å². The maximum atomic E-state index is 10.0. The second-order valence-corrected chi connectivity index (χ2v) is 5.46. The van der Waals surface area contributed by atoms with Crippen LogP contribution in [0.25, 0.3) is 0 Å². The van der Waals surface area contributed by atoms with Gasteiger partial charge < -0.3 is 9.84 Å². The fourth-order valence-corrected chi connectivity index (χ4v) is 2.09. The molecule has 0 spiro atoms. The fourth-order valence-electron chi connectivity index (χ4n) is 2.09. The van der Waals surface area contributed by atoms with Crippen LogP contribution in [0, 0.1) is 0 Å². The molecule has 0 aliphatic rings. The van der Waals surface area contributed by atoms with Gasteiger partial charge >= 0.3 is 0 Å². The maximum absolute atomic E-state index is 10.0. The quantitative estimate of drug-likeness (QED) is 0.518. The van der Waals surface area contributed by atoms with Gasteiger partial charge in [-0.25, -0.2) is 0 Å². The van der Waals surface area contributed by atoms with Crippen molar-refractivity contribution in [3.05, 3.63) is 0 Å². The summed E-state index contributed by atoms with van der Waals surface area (Å²) < 4.78 is 5.00.